The minimum absolute atomic E-state index is 0.00823. The van der Waals surface area contributed by atoms with Gasteiger partial charge in [-0.15, -0.1) is 0 Å². The summed E-state index contributed by atoms with van der Waals surface area (Å²) in [7, 11) is 0. The van der Waals surface area contributed by atoms with Crippen LogP contribution in [0.3, 0.4) is 0 Å². The number of hydrogen-bond acceptors (Lipinski definition) is 4. The van der Waals surface area contributed by atoms with E-state index in [0.717, 1.165) is 28.0 Å². The van der Waals surface area contributed by atoms with Crippen LogP contribution in [0.15, 0.2) is 47.2 Å². The highest BCUT2D eigenvalue weighted by atomic mass is 79.9. The molecule has 1 saturated heterocycles. The number of ether oxygens (including phenoxy) is 2. The Balaban J connectivity index is 1.51. The average Bonchev–Trinajstić information content (AvgIpc) is 3.05. The van der Waals surface area contributed by atoms with Crippen molar-refractivity contribution in [1.29, 1.82) is 0 Å². The molecule has 0 bridgehead atoms. The van der Waals surface area contributed by atoms with Crippen LogP contribution in [0.2, 0.25) is 0 Å². The Labute approximate surface area is 149 Å². The molecule has 3 rings (SSSR count). The van der Waals surface area contributed by atoms with Crippen molar-refractivity contribution in [1.82, 2.24) is 9.88 Å². The van der Waals surface area contributed by atoms with Crippen LogP contribution in [0.1, 0.15) is 12.0 Å². The number of likely N-dealkylation sites (tertiary alicyclic amines) is 1. The molecule has 0 saturated carbocycles. The smallest absolute Gasteiger partial charge is 0.260 e. The molecule has 6 heteroatoms. The van der Waals surface area contributed by atoms with Crippen molar-refractivity contribution in [2.45, 2.75) is 19.4 Å². The normalized spacial score (nSPS) is 16.9. The molecule has 1 fully saturated rings. The molecular formula is C18H19BrN2O3. The first-order valence-corrected chi connectivity index (χ1v) is 8.65. The summed E-state index contributed by atoms with van der Waals surface area (Å²) in [6.45, 7) is 3.27. The second-order valence-corrected chi connectivity index (χ2v) is 6.58. The van der Waals surface area contributed by atoms with Crippen LogP contribution in [-0.4, -0.2) is 41.6 Å². The lowest BCUT2D eigenvalue weighted by molar-refractivity contribution is -0.132. The minimum Gasteiger partial charge on any atom is -0.487 e. The third-order valence-corrected chi connectivity index (χ3v) is 4.57. The number of para-hydroxylation sites is 1. The molecule has 24 heavy (non-hydrogen) atoms. The number of pyridine rings is 1. The molecule has 2 heterocycles. The van der Waals surface area contributed by atoms with Gasteiger partial charge in [0.1, 0.15) is 17.6 Å². The number of carbonyl (C=O) groups is 1. The number of rotatable bonds is 5. The van der Waals surface area contributed by atoms with Gasteiger partial charge < -0.3 is 14.4 Å². The van der Waals surface area contributed by atoms with Crippen LogP contribution in [0, 0.1) is 6.92 Å². The summed E-state index contributed by atoms with van der Waals surface area (Å²) in [5.41, 5.74) is 1.02. The predicted molar refractivity (Wildman–Crippen MR) is 94.2 cm³/mol. The summed E-state index contributed by atoms with van der Waals surface area (Å²) < 4.78 is 12.4. The Morgan fingerprint density at radius 1 is 1.33 bits per heavy atom. The van der Waals surface area contributed by atoms with Gasteiger partial charge >= 0.3 is 0 Å². The van der Waals surface area contributed by atoms with Gasteiger partial charge in [0.25, 0.3) is 5.91 Å². The first kappa shape index (κ1) is 16.8. The van der Waals surface area contributed by atoms with Crippen LogP contribution >= 0.6 is 15.9 Å². The molecule has 126 valence electrons. The van der Waals surface area contributed by atoms with Gasteiger partial charge in [-0.2, -0.15) is 0 Å². The van der Waals surface area contributed by atoms with Gasteiger partial charge in [0, 0.05) is 25.4 Å². The molecule has 1 atom stereocenters. The molecule has 1 unspecified atom stereocenters. The quantitative estimate of drug-likeness (QED) is 0.786. The molecule has 1 aliphatic rings. The number of halogens is 1. The van der Waals surface area contributed by atoms with E-state index < -0.39 is 0 Å². The van der Waals surface area contributed by atoms with Crippen molar-refractivity contribution in [2.24, 2.45) is 0 Å². The maximum atomic E-state index is 12.3. The Bertz CT molecular complexity index is 723. The van der Waals surface area contributed by atoms with E-state index in [9.17, 15) is 4.79 Å². The van der Waals surface area contributed by atoms with E-state index in [-0.39, 0.29) is 18.6 Å². The first-order valence-electron chi connectivity index (χ1n) is 7.86. The van der Waals surface area contributed by atoms with Gasteiger partial charge in [-0.05, 0) is 40.5 Å². The van der Waals surface area contributed by atoms with E-state index in [0.29, 0.717) is 13.1 Å². The van der Waals surface area contributed by atoms with Crippen LogP contribution in [0.4, 0.5) is 0 Å². The number of nitrogens with zero attached hydrogens (tertiary/aromatic N) is 2. The van der Waals surface area contributed by atoms with Gasteiger partial charge in [0.2, 0.25) is 0 Å². The largest absolute Gasteiger partial charge is 0.487 e. The molecule has 1 aromatic heterocycles. The second kappa shape index (κ2) is 7.66. The summed E-state index contributed by atoms with van der Waals surface area (Å²) in [4.78, 5) is 18.1. The number of carbonyl (C=O) groups excluding carboxylic acids is 1. The minimum atomic E-state index is -0.0156. The number of amides is 1. The SMILES string of the molecule is Cc1ccccc1OCC(=O)N1CCC(Oc2ccncc2Br)C1. The zero-order valence-corrected chi connectivity index (χ0v) is 15.0. The van der Waals surface area contributed by atoms with Crippen molar-refractivity contribution in [2.75, 3.05) is 19.7 Å². The van der Waals surface area contributed by atoms with Crippen LogP contribution in [0.5, 0.6) is 11.5 Å². The van der Waals surface area contributed by atoms with Crippen LogP contribution in [-0.2, 0) is 4.79 Å². The number of benzene rings is 1. The van der Waals surface area contributed by atoms with Crippen molar-refractivity contribution < 1.29 is 14.3 Å². The zero-order chi connectivity index (χ0) is 16.9. The molecule has 0 radical (unpaired) electrons. The maximum Gasteiger partial charge on any atom is 0.260 e. The molecule has 1 amide bonds. The molecular weight excluding hydrogens is 372 g/mol. The van der Waals surface area contributed by atoms with Gasteiger partial charge in [0.15, 0.2) is 6.61 Å². The van der Waals surface area contributed by atoms with E-state index in [1.807, 2.05) is 37.3 Å². The fourth-order valence-corrected chi connectivity index (χ4v) is 2.98. The lowest BCUT2D eigenvalue weighted by atomic mass is 10.2. The Morgan fingerprint density at radius 2 is 2.17 bits per heavy atom. The maximum absolute atomic E-state index is 12.3. The van der Waals surface area contributed by atoms with Crippen molar-refractivity contribution in [3.63, 3.8) is 0 Å². The van der Waals surface area contributed by atoms with Crippen LogP contribution < -0.4 is 9.47 Å². The monoisotopic (exact) mass is 390 g/mol. The van der Waals surface area contributed by atoms with E-state index in [1.165, 1.54) is 0 Å². The average molecular weight is 391 g/mol. The molecule has 1 aromatic carbocycles. The highest BCUT2D eigenvalue weighted by Gasteiger charge is 2.28. The summed E-state index contributed by atoms with van der Waals surface area (Å²) in [6, 6.07) is 9.50. The van der Waals surface area contributed by atoms with Gasteiger partial charge in [-0.3, -0.25) is 9.78 Å². The molecule has 0 N–H and O–H groups in total. The van der Waals surface area contributed by atoms with E-state index in [1.54, 1.807) is 17.3 Å². The topological polar surface area (TPSA) is 51.7 Å². The molecule has 0 aliphatic carbocycles. The third-order valence-electron chi connectivity index (χ3n) is 3.97. The fraction of sp³-hybridized carbons (Fsp3) is 0.333. The van der Waals surface area contributed by atoms with E-state index >= 15 is 0 Å². The summed E-state index contributed by atoms with van der Waals surface area (Å²) in [5.74, 6) is 1.48. The fourth-order valence-electron chi connectivity index (χ4n) is 2.64. The third kappa shape index (κ3) is 4.06. The standard InChI is InChI=1S/C18H19BrN2O3/c1-13-4-2-3-5-16(13)23-12-18(22)21-9-7-14(11-21)24-17-6-8-20-10-15(17)19/h2-6,8,10,14H,7,9,11-12H2,1H3. The highest BCUT2D eigenvalue weighted by Crippen LogP contribution is 2.26. The lowest BCUT2D eigenvalue weighted by Crippen LogP contribution is -2.34. The second-order valence-electron chi connectivity index (χ2n) is 5.73. The van der Waals surface area contributed by atoms with Crippen molar-refractivity contribution in [3.8, 4) is 11.5 Å². The number of hydrogen-bond donors (Lipinski definition) is 0. The van der Waals surface area contributed by atoms with E-state index in [2.05, 4.69) is 20.9 Å². The first-order chi connectivity index (χ1) is 11.6. The number of aryl methyl sites for hydroxylation is 1. The Morgan fingerprint density at radius 3 is 2.96 bits per heavy atom. The van der Waals surface area contributed by atoms with E-state index in [4.69, 9.17) is 9.47 Å². The summed E-state index contributed by atoms with van der Waals surface area (Å²) >= 11 is 3.42. The molecule has 2 aromatic rings. The Kier molecular flexibility index (Phi) is 5.35. The zero-order valence-electron chi connectivity index (χ0n) is 13.4. The highest BCUT2D eigenvalue weighted by molar-refractivity contribution is 9.10. The van der Waals surface area contributed by atoms with Crippen LogP contribution in [0.25, 0.3) is 0 Å². The molecule has 5 nitrogen and oxygen atoms in total. The van der Waals surface area contributed by atoms with Crippen molar-refractivity contribution in [3.05, 3.63) is 52.8 Å². The Hall–Kier alpha value is -2.08. The predicted octanol–water partition coefficient (Wildman–Crippen LogP) is 3.21. The number of aromatic nitrogens is 1. The van der Waals surface area contributed by atoms with Gasteiger partial charge in [-0.1, -0.05) is 18.2 Å². The van der Waals surface area contributed by atoms with Gasteiger partial charge in [0.05, 0.1) is 11.0 Å². The van der Waals surface area contributed by atoms with Crippen molar-refractivity contribution >= 4 is 21.8 Å². The summed E-state index contributed by atoms with van der Waals surface area (Å²) in [6.07, 6.45) is 4.19. The summed E-state index contributed by atoms with van der Waals surface area (Å²) in [5, 5.41) is 0. The van der Waals surface area contributed by atoms with Gasteiger partial charge in [-0.25, -0.2) is 0 Å². The molecule has 0 spiro atoms. The molecule has 1 aliphatic heterocycles. The lowest BCUT2D eigenvalue weighted by Gasteiger charge is -2.18.